The highest BCUT2D eigenvalue weighted by Crippen LogP contribution is 2.38. The van der Waals surface area contributed by atoms with Crippen LogP contribution >= 0.6 is 11.6 Å². The Hall–Kier alpha value is -3.03. The smallest absolute Gasteiger partial charge is 0.208 e. The first-order valence-corrected chi connectivity index (χ1v) is 10.6. The van der Waals surface area contributed by atoms with Crippen LogP contribution < -0.4 is 4.74 Å². The Bertz CT molecular complexity index is 1390. The molecule has 0 atom stereocenters. The van der Waals surface area contributed by atoms with Gasteiger partial charge >= 0.3 is 0 Å². The van der Waals surface area contributed by atoms with E-state index in [0.29, 0.717) is 16.7 Å². The fourth-order valence-electron chi connectivity index (χ4n) is 3.22. The standard InChI is InChI=1S/C22H14ClF2NO3S/c1-29-14-5-2-4-13(10-14)21-16-6-3-7-19(25)22(16)26-12-20(21)30(27,28)15-8-9-18(24)17(23)11-15/h2-12H,1H3. The van der Waals surface area contributed by atoms with Gasteiger partial charge in [0, 0.05) is 17.1 Å². The topological polar surface area (TPSA) is 56.3 Å². The molecule has 3 aromatic carbocycles. The molecule has 0 spiro atoms. The number of pyridine rings is 1. The van der Waals surface area contributed by atoms with Gasteiger partial charge < -0.3 is 4.74 Å². The van der Waals surface area contributed by atoms with Crippen molar-refractivity contribution in [3.63, 3.8) is 0 Å². The van der Waals surface area contributed by atoms with Crippen LogP contribution in [0.5, 0.6) is 5.75 Å². The van der Waals surface area contributed by atoms with Crippen LogP contribution in [-0.2, 0) is 9.84 Å². The Morgan fingerprint density at radius 1 is 0.967 bits per heavy atom. The van der Waals surface area contributed by atoms with Gasteiger partial charge in [-0.25, -0.2) is 17.2 Å². The molecule has 0 aliphatic carbocycles. The SMILES string of the molecule is COc1cccc(-c2c(S(=O)(=O)c3ccc(F)c(Cl)c3)cnc3c(F)cccc23)c1. The van der Waals surface area contributed by atoms with Crippen LogP contribution in [0.2, 0.25) is 5.02 Å². The van der Waals surface area contributed by atoms with E-state index in [1.165, 1.54) is 19.2 Å². The maximum absolute atomic E-state index is 14.4. The number of hydrogen-bond donors (Lipinski definition) is 0. The van der Waals surface area contributed by atoms with E-state index in [1.807, 2.05) is 0 Å². The van der Waals surface area contributed by atoms with Gasteiger partial charge in [-0.3, -0.25) is 4.98 Å². The first kappa shape index (κ1) is 20.3. The van der Waals surface area contributed by atoms with Gasteiger partial charge in [0.1, 0.15) is 22.9 Å². The molecule has 0 aliphatic heterocycles. The highest BCUT2D eigenvalue weighted by molar-refractivity contribution is 7.91. The van der Waals surface area contributed by atoms with E-state index in [1.54, 1.807) is 30.3 Å². The molecule has 1 heterocycles. The zero-order chi connectivity index (χ0) is 21.5. The lowest BCUT2D eigenvalue weighted by atomic mass is 10.0. The minimum Gasteiger partial charge on any atom is -0.497 e. The van der Waals surface area contributed by atoms with Gasteiger partial charge in [-0.1, -0.05) is 35.9 Å². The molecule has 0 amide bonds. The molecule has 0 N–H and O–H groups in total. The number of aromatic nitrogens is 1. The number of para-hydroxylation sites is 1. The van der Waals surface area contributed by atoms with Crippen molar-refractivity contribution < 1.29 is 21.9 Å². The van der Waals surface area contributed by atoms with Gasteiger partial charge in [0.2, 0.25) is 9.84 Å². The Kier molecular flexibility index (Phi) is 5.17. The third-order valence-corrected chi connectivity index (χ3v) is 6.72. The molecule has 0 bridgehead atoms. The van der Waals surface area contributed by atoms with E-state index in [9.17, 15) is 17.2 Å². The molecule has 1 aromatic heterocycles. The molecule has 4 rings (SSSR count). The van der Waals surface area contributed by atoms with Crippen molar-refractivity contribution >= 4 is 32.3 Å². The minimum atomic E-state index is -4.16. The minimum absolute atomic E-state index is 0.0337. The second-order valence-corrected chi connectivity index (χ2v) is 8.77. The third-order valence-electron chi connectivity index (χ3n) is 4.66. The lowest BCUT2D eigenvalue weighted by Crippen LogP contribution is -2.06. The molecule has 30 heavy (non-hydrogen) atoms. The van der Waals surface area contributed by atoms with E-state index in [0.717, 1.165) is 24.4 Å². The Morgan fingerprint density at radius 2 is 1.73 bits per heavy atom. The normalized spacial score (nSPS) is 11.6. The number of halogens is 3. The summed E-state index contributed by atoms with van der Waals surface area (Å²) in [6.07, 6.45) is 1.10. The summed E-state index contributed by atoms with van der Waals surface area (Å²) in [7, 11) is -2.67. The number of fused-ring (bicyclic) bond motifs is 1. The van der Waals surface area contributed by atoms with Gasteiger partial charge in [-0.2, -0.15) is 0 Å². The summed E-state index contributed by atoms with van der Waals surface area (Å²) in [5.41, 5.74) is 0.796. The van der Waals surface area contributed by atoms with E-state index < -0.39 is 21.5 Å². The largest absolute Gasteiger partial charge is 0.497 e. The van der Waals surface area contributed by atoms with Crippen LogP contribution in [0, 0.1) is 11.6 Å². The monoisotopic (exact) mass is 445 g/mol. The summed E-state index contributed by atoms with van der Waals surface area (Å²) in [5, 5.41) is -0.00339. The molecular formula is C22H14ClF2NO3S. The average molecular weight is 446 g/mol. The summed E-state index contributed by atoms with van der Waals surface area (Å²) in [6.45, 7) is 0. The number of sulfone groups is 1. The van der Waals surface area contributed by atoms with Crippen LogP contribution in [0.3, 0.4) is 0 Å². The quantitative estimate of drug-likeness (QED) is 0.379. The molecule has 0 aliphatic rings. The van der Waals surface area contributed by atoms with Crippen LogP contribution in [0.25, 0.3) is 22.0 Å². The first-order chi connectivity index (χ1) is 14.3. The zero-order valence-electron chi connectivity index (χ0n) is 15.6. The van der Waals surface area contributed by atoms with Crippen molar-refractivity contribution in [2.45, 2.75) is 9.79 Å². The third kappa shape index (κ3) is 3.40. The number of methoxy groups -OCH3 is 1. The number of benzene rings is 3. The summed E-state index contributed by atoms with van der Waals surface area (Å²) >= 11 is 5.80. The van der Waals surface area contributed by atoms with Crippen molar-refractivity contribution in [3.8, 4) is 16.9 Å². The predicted molar refractivity (Wildman–Crippen MR) is 111 cm³/mol. The van der Waals surface area contributed by atoms with E-state index in [2.05, 4.69) is 4.98 Å². The van der Waals surface area contributed by atoms with Crippen LogP contribution in [0.15, 0.2) is 76.7 Å². The Balaban J connectivity index is 2.08. The lowest BCUT2D eigenvalue weighted by molar-refractivity contribution is 0.415. The summed E-state index contributed by atoms with van der Waals surface area (Å²) in [6, 6.07) is 14.2. The molecule has 0 saturated heterocycles. The van der Waals surface area contributed by atoms with Crippen molar-refractivity contribution in [3.05, 3.63) is 83.5 Å². The second kappa shape index (κ2) is 7.66. The lowest BCUT2D eigenvalue weighted by Gasteiger charge is -2.15. The van der Waals surface area contributed by atoms with Gasteiger partial charge in [0.25, 0.3) is 0 Å². The molecule has 0 saturated carbocycles. The molecule has 8 heteroatoms. The maximum atomic E-state index is 14.4. The van der Waals surface area contributed by atoms with E-state index in [-0.39, 0.29) is 25.9 Å². The fourth-order valence-corrected chi connectivity index (χ4v) is 4.93. The number of nitrogens with zero attached hydrogens (tertiary/aromatic N) is 1. The highest BCUT2D eigenvalue weighted by atomic mass is 35.5. The Morgan fingerprint density at radius 3 is 2.47 bits per heavy atom. The zero-order valence-corrected chi connectivity index (χ0v) is 17.1. The molecule has 0 unspecified atom stereocenters. The summed E-state index contributed by atoms with van der Waals surface area (Å²) < 4.78 is 60.1. The van der Waals surface area contributed by atoms with Gasteiger partial charge in [0.15, 0.2) is 0 Å². The van der Waals surface area contributed by atoms with Crippen molar-refractivity contribution in [1.82, 2.24) is 4.98 Å². The number of hydrogen-bond acceptors (Lipinski definition) is 4. The highest BCUT2D eigenvalue weighted by Gasteiger charge is 2.26. The number of ether oxygens (including phenoxy) is 1. The maximum Gasteiger partial charge on any atom is 0.208 e. The van der Waals surface area contributed by atoms with E-state index in [4.69, 9.17) is 16.3 Å². The Labute approximate surface area is 176 Å². The van der Waals surface area contributed by atoms with Crippen molar-refractivity contribution in [2.75, 3.05) is 7.11 Å². The second-order valence-electron chi connectivity index (χ2n) is 6.44. The molecule has 152 valence electrons. The average Bonchev–Trinajstić information content (AvgIpc) is 2.75. The molecule has 0 fully saturated rings. The van der Waals surface area contributed by atoms with E-state index >= 15 is 0 Å². The van der Waals surface area contributed by atoms with Gasteiger partial charge in [-0.15, -0.1) is 0 Å². The molecular weight excluding hydrogens is 432 g/mol. The summed E-state index contributed by atoms with van der Waals surface area (Å²) in [5.74, 6) is -0.810. The predicted octanol–water partition coefficient (Wildman–Crippen LogP) is 5.67. The van der Waals surface area contributed by atoms with Crippen LogP contribution in [0.4, 0.5) is 8.78 Å². The fraction of sp³-hybridized carbons (Fsp3) is 0.0455. The van der Waals surface area contributed by atoms with Crippen molar-refractivity contribution in [2.24, 2.45) is 0 Å². The van der Waals surface area contributed by atoms with Crippen molar-refractivity contribution in [1.29, 1.82) is 0 Å². The first-order valence-electron chi connectivity index (χ1n) is 8.74. The number of rotatable bonds is 4. The molecule has 4 aromatic rings. The van der Waals surface area contributed by atoms with Gasteiger partial charge in [0.05, 0.1) is 21.9 Å². The van der Waals surface area contributed by atoms with Crippen LogP contribution in [0.1, 0.15) is 0 Å². The molecule has 4 nitrogen and oxygen atoms in total. The summed E-state index contributed by atoms with van der Waals surface area (Å²) in [4.78, 5) is 3.69. The molecule has 0 radical (unpaired) electrons. The van der Waals surface area contributed by atoms with Gasteiger partial charge in [-0.05, 0) is 42.0 Å². The van der Waals surface area contributed by atoms with Crippen LogP contribution in [-0.4, -0.2) is 20.5 Å².